The van der Waals surface area contributed by atoms with Crippen molar-refractivity contribution in [3.05, 3.63) is 101 Å². The molecule has 7 heteroatoms. The van der Waals surface area contributed by atoms with Crippen molar-refractivity contribution in [3.8, 4) is 11.5 Å². The first-order valence-electron chi connectivity index (χ1n) is 12.3. The Hall–Kier alpha value is -4.39. The average molecular weight is 501 g/mol. The number of amides is 2. The van der Waals surface area contributed by atoms with E-state index < -0.39 is 23.6 Å². The van der Waals surface area contributed by atoms with E-state index in [4.69, 9.17) is 0 Å². The number of phenolic OH excluding ortho intramolecular Hbond substituents is 2. The summed E-state index contributed by atoms with van der Waals surface area (Å²) in [5.41, 5.74) is 2.60. The van der Waals surface area contributed by atoms with Crippen molar-refractivity contribution < 1.29 is 24.6 Å². The third-order valence-corrected chi connectivity index (χ3v) is 5.86. The number of rotatable bonds is 12. The normalized spacial score (nSPS) is 12.0. The number of benzene rings is 3. The SMILES string of the molecule is CCCCC(=Cc1ccc(O)c(O)c1)C(=O)NC(Cc1ccccc1)C(=O)C(=O)NCc1ccccc1. The molecule has 1 atom stereocenters. The predicted octanol–water partition coefficient (Wildman–Crippen LogP) is 4.28. The van der Waals surface area contributed by atoms with Crippen molar-refractivity contribution in [2.45, 2.75) is 45.2 Å². The summed E-state index contributed by atoms with van der Waals surface area (Å²) in [4.78, 5) is 39.3. The maximum absolute atomic E-state index is 13.3. The number of Topliss-reactive ketones (excluding diaryl/α,β-unsaturated/α-hetero) is 1. The van der Waals surface area contributed by atoms with Gasteiger partial charge in [-0.1, -0.05) is 80.1 Å². The summed E-state index contributed by atoms with van der Waals surface area (Å²) in [6.07, 6.45) is 3.79. The van der Waals surface area contributed by atoms with E-state index >= 15 is 0 Å². The van der Waals surface area contributed by atoms with Gasteiger partial charge < -0.3 is 20.8 Å². The van der Waals surface area contributed by atoms with Crippen molar-refractivity contribution in [1.29, 1.82) is 0 Å². The van der Waals surface area contributed by atoms with Crippen LogP contribution in [-0.4, -0.2) is 33.9 Å². The average Bonchev–Trinajstić information content (AvgIpc) is 2.92. The highest BCUT2D eigenvalue weighted by Gasteiger charge is 2.28. The number of carbonyl (C=O) groups excluding carboxylic acids is 3. The van der Waals surface area contributed by atoms with Crippen LogP contribution in [0.4, 0.5) is 0 Å². The fourth-order valence-corrected chi connectivity index (χ4v) is 3.78. The Bertz CT molecular complexity index is 1240. The van der Waals surface area contributed by atoms with E-state index in [0.29, 0.717) is 17.6 Å². The van der Waals surface area contributed by atoms with Gasteiger partial charge in [0.25, 0.3) is 5.91 Å². The van der Waals surface area contributed by atoms with Gasteiger partial charge in [-0.15, -0.1) is 0 Å². The summed E-state index contributed by atoms with van der Waals surface area (Å²) >= 11 is 0. The lowest BCUT2D eigenvalue weighted by molar-refractivity contribution is -0.139. The van der Waals surface area contributed by atoms with Gasteiger partial charge in [0.05, 0.1) is 0 Å². The molecule has 0 bridgehead atoms. The van der Waals surface area contributed by atoms with Gasteiger partial charge in [0.1, 0.15) is 6.04 Å². The molecular weight excluding hydrogens is 468 g/mol. The lowest BCUT2D eigenvalue weighted by Crippen LogP contribution is -2.49. The van der Waals surface area contributed by atoms with Crippen LogP contribution in [0.1, 0.15) is 42.9 Å². The summed E-state index contributed by atoms with van der Waals surface area (Å²) in [6, 6.07) is 21.7. The Kier molecular flexibility index (Phi) is 10.0. The molecule has 192 valence electrons. The fourth-order valence-electron chi connectivity index (χ4n) is 3.78. The second-order valence-electron chi connectivity index (χ2n) is 8.77. The molecule has 3 aromatic carbocycles. The zero-order valence-electron chi connectivity index (χ0n) is 20.8. The third kappa shape index (κ3) is 8.35. The van der Waals surface area contributed by atoms with Crippen LogP contribution >= 0.6 is 0 Å². The molecule has 0 spiro atoms. The van der Waals surface area contributed by atoms with Crippen molar-refractivity contribution in [3.63, 3.8) is 0 Å². The molecule has 0 saturated heterocycles. The summed E-state index contributed by atoms with van der Waals surface area (Å²) in [6.45, 7) is 2.20. The standard InChI is InChI=1S/C30H32N2O5/c1-2-3-14-24(17-23-15-16-26(33)27(34)19-23)29(36)32-25(18-21-10-6-4-7-11-21)28(35)30(37)31-20-22-12-8-5-9-13-22/h4-13,15-17,19,25,33-34H,2-3,14,18,20H2,1H3,(H,31,37)(H,32,36). The van der Waals surface area contributed by atoms with E-state index in [1.54, 1.807) is 12.1 Å². The number of hydrogen-bond acceptors (Lipinski definition) is 5. The molecule has 0 heterocycles. The van der Waals surface area contributed by atoms with Crippen LogP contribution in [0.25, 0.3) is 6.08 Å². The molecule has 0 radical (unpaired) electrons. The second-order valence-corrected chi connectivity index (χ2v) is 8.77. The maximum Gasteiger partial charge on any atom is 0.289 e. The van der Waals surface area contributed by atoms with Crippen molar-refractivity contribution in [2.24, 2.45) is 0 Å². The summed E-state index contributed by atoms with van der Waals surface area (Å²) in [5, 5.41) is 24.8. The fraction of sp³-hybridized carbons (Fsp3) is 0.233. The minimum absolute atomic E-state index is 0.158. The third-order valence-electron chi connectivity index (χ3n) is 5.86. The van der Waals surface area contributed by atoms with E-state index in [0.717, 1.165) is 24.0 Å². The number of phenols is 2. The van der Waals surface area contributed by atoms with E-state index in [-0.39, 0.29) is 24.5 Å². The highest BCUT2D eigenvalue weighted by Crippen LogP contribution is 2.26. The maximum atomic E-state index is 13.3. The number of aromatic hydroxyl groups is 2. The summed E-state index contributed by atoms with van der Waals surface area (Å²) in [5.74, 6) is -2.52. The van der Waals surface area contributed by atoms with Gasteiger partial charge in [0, 0.05) is 18.5 Å². The zero-order valence-corrected chi connectivity index (χ0v) is 20.8. The number of hydrogen-bond donors (Lipinski definition) is 4. The van der Waals surface area contributed by atoms with Gasteiger partial charge in [-0.05, 0) is 47.7 Å². The van der Waals surface area contributed by atoms with Gasteiger partial charge in [0.15, 0.2) is 11.5 Å². The minimum atomic E-state index is -1.07. The van der Waals surface area contributed by atoms with Crippen molar-refractivity contribution in [1.82, 2.24) is 10.6 Å². The largest absolute Gasteiger partial charge is 0.504 e. The van der Waals surface area contributed by atoms with Gasteiger partial charge in [-0.2, -0.15) is 0 Å². The van der Waals surface area contributed by atoms with Crippen LogP contribution in [0.15, 0.2) is 84.4 Å². The first kappa shape index (κ1) is 27.2. The Labute approximate surface area is 216 Å². The molecule has 3 rings (SSSR count). The summed E-state index contributed by atoms with van der Waals surface area (Å²) < 4.78 is 0. The minimum Gasteiger partial charge on any atom is -0.504 e. The number of ketones is 1. The molecule has 0 aliphatic carbocycles. The topological polar surface area (TPSA) is 116 Å². The van der Waals surface area contributed by atoms with Crippen LogP contribution in [0.2, 0.25) is 0 Å². The van der Waals surface area contributed by atoms with E-state index in [2.05, 4.69) is 10.6 Å². The van der Waals surface area contributed by atoms with E-state index in [9.17, 15) is 24.6 Å². The van der Waals surface area contributed by atoms with Crippen LogP contribution in [0.5, 0.6) is 11.5 Å². The molecule has 4 N–H and O–H groups in total. The molecule has 3 aromatic rings. The lowest BCUT2D eigenvalue weighted by atomic mass is 9.99. The van der Waals surface area contributed by atoms with Crippen molar-refractivity contribution in [2.75, 3.05) is 0 Å². The van der Waals surface area contributed by atoms with Gasteiger partial charge in [-0.3, -0.25) is 14.4 Å². The molecule has 7 nitrogen and oxygen atoms in total. The molecule has 0 fully saturated rings. The number of carbonyl (C=O) groups is 3. The van der Waals surface area contributed by atoms with Crippen LogP contribution < -0.4 is 10.6 Å². The second kappa shape index (κ2) is 13.6. The molecule has 1 unspecified atom stereocenters. The van der Waals surface area contributed by atoms with Gasteiger partial charge in [-0.25, -0.2) is 0 Å². The highest BCUT2D eigenvalue weighted by molar-refractivity contribution is 6.38. The summed E-state index contributed by atoms with van der Waals surface area (Å²) in [7, 11) is 0. The molecule has 0 aromatic heterocycles. The molecule has 0 aliphatic heterocycles. The Morgan fingerprint density at radius 3 is 2.11 bits per heavy atom. The molecule has 2 amide bonds. The predicted molar refractivity (Wildman–Crippen MR) is 143 cm³/mol. The zero-order chi connectivity index (χ0) is 26.6. The van der Waals surface area contributed by atoms with Gasteiger partial charge >= 0.3 is 0 Å². The smallest absolute Gasteiger partial charge is 0.289 e. The molecular formula is C30H32N2O5. The van der Waals surface area contributed by atoms with Crippen LogP contribution in [-0.2, 0) is 27.3 Å². The Morgan fingerprint density at radius 2 is 1.49 bits per heavy atom. The monoisotopic (exact) mass is 500 g/mol. The first-order valence-corrected chi connectivity index (χ1v) is 12.3. The quantitative estimate of drug-likeness (QED) is 0.168. The highest BCUT2D eigenvalue weighted by atomic mass is 16.3. The van der Waals surface area contributed by atoms with E-state index in [1.807, 2.05) is 67.6 Å². The lowest BCUT2D eigenvalue weighted by Gasteiger charge is -2.19. The molecule has 0 aliphatic rings. The van der Waals surface area contributed by atoms with Crippen LogP contribution in [0.3, 0.4) is 0 Å². The Balaban J connectivity index is 1.81. The molecule has 37 heavy (non-hydrogen) atoms. The van der Waals surface area contributed by atoms with Crippen LogP contribution in [0, 0.1) is 0 Å². The molecule has 0 saturated carbocycles. The number of nitrogens with one attached hydrogen (secondary N) is 2. The van der Waals surface area contributed by atoms with Gasteiger partial charge in [0.2, 0.25) is 11.7 Å². The van der Waals surface area contributed by atoms with Crippen molar-refractivity contribution >= 4 is 23.7 Å². The Morgan fingerprint density at radius 1 is 0.838 bits per heavy atom. The first-order chi connectivity index (χ1) is 17.9. The number of unbranched alkanes of at least 4 members (excludes halogenated alkanes) is 1. The van der Waals surface area contributed by atoms with E-state index in [1.165, 1.54) is 12.1 Å².